The van der Waals surface area contributed by atoms with E-state index in [9.17, 15) is 9.90 Å². The van der Waals surface area contributed by atoms with Crippen LogP contribution in [0.3, 0.4) is 0 Å². The van der Waals surface area contributed by atoms with E-state index in [1.807, 2.05) is 13.0 Å². The summed E-state index contributed by atoms with van der Waals surface area (Å²) in [6.07, 6.45) is 5.59. The first kappa shape index (κ1) is 17.0. The van der Waals surface area contributed by atoms with Gasteiger partial charge in [-0.15, -0.1) is 0 Å². The van der Waals surface area contributed by atoms with Gasteiger partial charge in [0.15, 0.2) is 0 Å². The minimum Gasteiger partial charge on any atom is -0.394 e. The molecule has 24 heavy (non-hydrogen) atoms. The van der Waals surface area contributed by atoms with E-state index in [-0.39, 0.29) is 24.5 Å². The second kappa shape index (κ2) is 7.79. The van der Waals surface area contributed by atoms with E-state index < -0.39 is 0 Å². The lowest BCUT2D eigenvalue weighted by molar-refractivity contribution is -0.125. The van der Waals surface area contributed by atoms with Crippen molar-refractivity contribution in [3.05, 3.63) is 12.4 Å². The average Bonchev–Trinajstić information content (AvgIpc) is 3.11. The fourth-order valence-corrected chi connectivity index (χ4v) is 3.71. The monoisotopic (exact) mass is 333 g/mol. The number of aromatic nitrogens is 2. The predicted octanol–water partition coefficient (Wildman–Crippen LogP) is 0.790. The van der Waals surface area contributed by atoms with Crippen LogP contribution in [-0.2, 0) is 4.79 Å². The van der Waals surface area contributed by atoms with Gasteiger partial charge in [-0.3, -0.25) is 4.79 Å². The van der Waals surface area contributed by atoms with Crippen LogP contribution in [0.4, 0.5) is 11.6 Å². The van der Waals surface area contributed by atoms with Gasteiger partial charge in [0, 0.05) is 32.2 Å². The molecule has 2 fully saturated rings. The topological polar surface area (TPSA) is 81.6 Å². The van der Waals surface area contributed by atoms with Gasteiger partial charge in [-0.05, 0) is 32.6 Å². The Bertz CT molecular complexity index is 568. The van der Waals surface area contributed by atoms with Crippen LogP contribution in [-0.4, -0.2) is 59.8 Å². The highest BCUT2D eigenvalue weighted by molar-refractivity contribution is 5.79. The molecule has 0 bridgehead atoms. The molecule has 1 aromatic rings. The fraction of sp³-hybridized carbons (Fsp3) is 0.706. The Balaban J connectivity index is 1.72. The minimum absolute atomic E-state index is 0.0223. The molecule has 3 rings (SSSR count). The molecule has 2 atom stereocenters. The summed E-state index contributed by atoms with van der Waals surface area (Å²) in [6.45, 7) is 5.31. The van der Waals surface area contributed by atoms with Crippen LogP contribution in [0.15, 0.2) is 12.4 Å². The van der Waals surface area contributed by atoms with Gasteiger partial charge in [0.05, 0.1) is 18.6 Å². The quantitative estimate of drug-likeness (QED) is 0.829. The van der Waals surface area contributed by atoms with Crippen molar-refractivity contribution in [1.29, 1.82) is 0 Å². The molecule has 0 aliphatic carbocycles. The Morgan fingerprint density at radius 2 is 2.08 bits per heavy atom. The predicted molar refractivity (Wildman–Crippen MR) is 93.1 cm³/mol. The SMILES string of the molecule is CCNC(=O)C1CCCN(c2cc(N3CCCC3CO)ncn2)C1. The van der Waals surface area contributed by atoms with Crippen molar-refractivity contribution in [2.24, 2.45) is 5.92 Å². The van der Waals surface area contributed by atoms with Crippen LogP contribution in [0.25, 0.3) is 0 Å². The molecule has 1 aromatic heterocycles. The van der Waals surface area contributed by atoms with Crippen LogP contribution >= 0.6 is 0 Å². The number of nitrogens with zero attached hydrogens (tertiary/aromatic N) is 4. The lowest BCUT2D eigenvalue weighted by atomic mass is 9.97. The molecule has 2 saturated heterocycles. The van der Waals surface area contributed by atoms with Gasteiger partial charge in [-0.2, -0.15) is 0 Å². The van der Waals surface area contributed by atoms with E-state index in [1.54, 1.807) is 6.33 Å². The second-order valence-electron chi connectivity index (χ2n) is 6.59. The smallest absolute Gasteiger partial charge is 0.224 e. The molecule has 7 heteroatoms. The second-order valence-corrected chi connectivity index (χ2v) is 6.59. The zero-order valence-electron chi connectivity index (χ0n) is 14.3. The number of hydrogen-bond acceptors (Lipinski definition) is 6. The summed E-state index contributed by atoms with van der Waals surface area (Å²) in [5.74, 6) is 1.90. The third-order valence-corrected chi connectivity index (χ3v) is 4.99. The molecule has 3 heterocycles. The summed E-state index contributed by atoms with van der Waals surface area (Å²) in [6, 6.07) is 2.14. The van der Waals surface area contributed by atoms with Crippen LogP contribution in [0.1, 0.15) is 32.6 Å². The Hall–Kier alpha value is -1.89. The number of aliphatic hydroxyl groups is 1. The Morgan fingerprint density at radius 1 is 1.29 bits per heavy atom. The molecule has 0 aromatic carbocycles. The molecule has 0 radical (unpaired) electrons. The molecule has 7 nitrogen and oxygen atoms in total. The highest BCUT2D eigenvalue weighted by Crippen LogP contribution is 2.27. The molecule has 2 unspecified atom stereocenters. The average molecular weight is 333 g/mol. The molecule has 2 N–H and O–H groups in total. The normalized spacial score (nSPS) is 24.2. The lowest BCUT2D eigenvalue weighted by Crippen LogP contribution is -2.43. The van der Waals surface area contributed by atoms with Gasteiger partial charge in [0.25, 0.3) is 0 Å². The summed E-state index contributed by atoms with van der Waals surface area (Å²) in [7, 11) is 0. The molecule has 2 aliphatic heterocycles. The molecule has 0 saturated carbocycles. The van der Waals surface area contributed by atoms with E-state index in [0.29, 0.717) is 13.1 Å². The van der Waals surface area contributed by atoms with Crippen molar-refractivity contribution >= 4 is 17.5 Å². The Kier molecular flexibility index (Phi) is 5.50. The summed E-state index contributed by atoms with van der Waals surface area (Å²) < 4.78 is 0. The van der Waals surface area contributed by atoms with Crippen molar-refractivity contribution in [3.8, 4) is 0 Å². The van der Waals surface area contributed by atoms with Gasteiger partial charge in [0.1, 0.15) is 18.0 Å². The van der Waals surface area contributed by atoms with Gasteiger partial charge in [-0.1, -0.05) is 0 Å². The number of piperidine rings is 1. The van der Waals surface area contributed by atoms with E-state index in [4.69, 9.17) is 0 Å². The van der Waals surface area contributed by atoms with Crippen molar-refractivity contribution < 1.29 is 9.90 Å². The van der Waals surface area contributed by atoms with Gasteiger partial charge < -0.3 is 20.2 Å². The number of anilines is 2. The van der Waals surface area contributed by atoms with E-state index in [1.165, 1.54) is 0 Å². The molecule has 1 amide bonds. The first-order chi connectivity index (χ1) is 11.7. The highest BCUT2D eigenvalue weighted by Gasteiger charge is 2.28. The van der Waals surface area contributed by atoms with Gasteiger partial charge in [-0.25, -0.2) is 9.97 Å². The highest BCUT2D eigenvalue weighted by atomic mass is 16.3. The lowest BCUT2D eigenvalue weighted by Gasteiger charge is -2.33. The fourth-order valence-electron chi connectivity index (χ4n) is 3.71. The maximum atomic E-state index is 12.1. The number of aliphatic hydroxyl groups excluding tert-OH is 1. The van der Waals surface area contributed by atoms with E-state index >= 15 is 0 Å². The zero-order chi connectivity index (χ0) is 16.9. The van der Waals surface area contributed by atoms with Gasteiger partial charge >= 0.3 is 0 Å². The van der Waals surface area contributed by atoms with Crippen LogP contribution < -0.4 is 15.1 Å². The van der Waals surface area contributed by atoms with Gasteiger partial charge in [0.2, 0.25) is 5.91 Å². The minimum atomic E-state index is 0.0223. The van der Waals surface area contributed by atoms with E-state index in [2.05, 4.69) is 25.1 Å². The zero-order valence-corrected chi connectivity index (χ0v) is 14.3. The molecular formula is C17H27N5O2. The number of rotatable bonds is 5. The van der Waals surface area contributed by atoms with Crippen LogP contribution in [0.2, 0.25) is 0 Å². The summed E-state index contributed by atoms with van der Waals surface area (Å²) in [5, 5.41) is 12.4. The first-order valence-corrected chi connectivity index (χ1v) is 8.95. The molecule has 0 spiro atoms. The maximum absolute atomic E-state index is 12.1. The van der Waals surface area contributed by atoms with Crippen molar-refractivity contribution in [3.63, 3.8) is 0 Å². The number of carbonyl (C=O) groups excluding carboxylic acids is 1. The largest absolute Gasteiger partial charge is 0.394 e. The summed E-state index contributed by atoms with van der Waals surface area (Å²) in [5.41, 5.74) is 0. The maximum Gasteiger partial charge on any atom is 0.224 e. The first-order valence-electron chi connectivity index (χ1n) is 8.95. The standard InChI is InChI=1S/C17H27N5O2/c1-2-18-17(24)13-5-3-7-21(10-13)15-9-16(20-12-19-15)22-8-4-6-14(22)11-23/h9,12-14,23H,2-8,10-11H2,1H3,(H,18,24). The Morgan fingerprint density at radius 3 is 2.88 bits per heavy atom. The van der Waals surface area contributed by atoms with Crippen molar-refractivity contribution in [2.75, 3.05) is 42.6 Å². The third-order valence-electron chi connectivity index (χ3n) is 4.99. The summed E-state index contributed by atoms with van der Waals surface area (Å²) >= 11 is 0. The van der Waals surface area contributed by atoms with Crippen LogP contribution in [0.5, 0.6) is 0 Å². The number of hydrogen-bond donors (Lipinski definition) is 2. The molecule has 132 valence electrons. The third kappa shape index (κ3) is 3.61. The number of carbonyl (C=O) groups is 1. The summed E-state index contributed by atoms with van der Waals surface area (Å²) in [4.78, 5) is 25.3. The van der Waals surface area contributed by atoms with E-state index in [0.717, 1.165) is 50.4 Å². The molecular weight excluding hydrogens is 306 g/mol. The number of nitrogens with one attached hydrogen (secondary N) is 1. The van der Waals surface area contributed by atoms with Crippen molar-refractivity contribution in [1.82, 2.24) is 15.3 Å². The molecule has 2 aliphatic rings. The van der Waals surface area contributed by atoms with Crippen LogP contribution in [0, 0.1) is 5.92 Å². The Labute approximate surface area is 143 Å². The van der Waals surface area contributed by atoms with Crippen molar-refractivity contribution in [2.45, 2.75) is 38.6 Å². The number of amides is 1.